The molecule has 0 aliphatic heterocycles. The molecule has 0 aromatic heterocycles. The quantitative estimate of drug-likeness (QED) is 0.580. The molecule has 1 unspecified atom stereocenters. The van der Waals surface area contributed by atoms with Crippen LogP contribution >= 0.6 is 0 Å². The average Bonchev–Trinajstić information content (AvgIpc) is 2.50. The summed E-state index contributed by atoms with van der Waals surface area (Å²) in [5, 5.41) is 10.4. The molecule has 0 amide bonds. The number of rotatable bonds is 8. The van der Waals surface area contributed by atoms with E-state index in [2.05, 4.69) is 6.92 Å². The van der Waals surface area contributed by atoms with E-state index in [0.29, 0.717) is 12.0 Å². The average molecular weight is 276 g/mol. The number of unbranched alkanes of at least 4 members (excludes halogenated alkanes) is 2. The van der Waals surface area contributed by atoms with Crippen LogP contribution in [0.15, 0.2) is 35.9 Å². The molecule has 1 aromatic rings. The number of Topliss-reactive ketones (excluding diaryl/α,β-unsaturated/α-hetero) is 1. The molecule has 0 saturated carbocycles. The first-order valence-electron chi connectivity index (χ1n) is 7.19. The Kier molecular flexibility index (Phi) is 7.02. The van der Waals surface area contributed by atoms with Gasteiger partial charge < -0.3 is 9.84 Å². The Morgan fingerprint density at radius 1 is 1.30 bits per heavy atom. The normalized spacial score (nSPS) is 13.1. The fourth-order valence-corrected chi connectivity index (χ4v) is 2.01. The second kappa shape index (κ2) is 8.54. The number of aliphatic hydroxyl groups excluding tert-OH is 1. The van der Waals surface area contributed by atoms with Gasteiger partial charge in [-0.1, -0.05) is 44.9 Å². The first-order valence-corrected chi connectivity index (χ1v) is 7.19. The Bertz CT molecular complexity index is 446. The lowest BCUT2D eigenvalue weighted by Crippen LogP contribution is -2.11. The first kappa shape index (κ1) is 16.4. The number of hydrogen-bond acceptors (Lipinski definition) is 3. The van der Waals surface area contributed by atoms with E-state index in [4.69, 9.17) is 4.74 Å². The molecular formula is C17H24O3. The standard InChI is InChI=1S/C17H24O3/c1-4-6-7-8-15(16(18)5-2)17(19)13-9-11-14(20-3)12-10-13/h8-12,17,19H,4-7H2,1-3H3. The third-order valence-electron chi connectivity index (χ3n) is 3.29. The molecule has 1 aromatic carbocycles. The van der Waals surface area contributed by atoms with Crippen LogP contribution in [0.25, 0.3) is 0 Å². The molecular weight excluding hydrogens is 252 g/mol. The van der Waals surface area contributed by atoms with Crippen LogP contribution in [-0.2, 0) is 4.79 Å². The smallest absolute Gasteiger partial charge is 0.161 e. The Morgan fingerprint density at radius 3 is 2.45 bits per heavy atom. The van der Waals surface area contributed by atoms with E-state index in [1.165, 1.54) is 0 Å². The van der Waals surface area contributed by atoms with Crippen molar-refractivity contribution in [3.05, 3.63) is 41.5 Å². The highest BCUT2D eigenvalue weighted by atomic mass is 16.5. The number of ketones is 1. The topological polar surface area (TPSA) is 46.5 Å². The summed E-state index contributed by atoms with van der Waals surface area (Å²) in [6.45, 7) is 3.92. The predicted octanol–water partition coefficient (Wildman–Crippen LogP) is 3.82. The third kappa shape index (κ3) is 4.49. The van der Waals surface area contributed by atoms with Gasteiger partial charge >= 0.3 is 0 Å². The monoisotopic (exact) mass is 276 g/mol. The summed E-state index contributed by atoms with van der Waals surface area (Å²) < 4.78 is 5.09. The molecule has 1 N–H and O–H groups in total. The maximum absolute atomic E-state index is 12.0. The van der Waals surface area contributed by atoms with E-state index in [1.807, 2.05) is 13.0 Å². The highest BCUT2D eigenvalue weighted by Crippen LogP contribution is 2.25. The van der Waals surface area contributed by atoms with E-state index < -0.39 is 6.10 Å². The van der Waals surface area contributed by atoms with Gasteiger partial charge in [-0.05, 0) is 24.1 Å². The van der Waals surface area contributed by atoms with Crippen LogP contribution < -0.4 is 4.74 Å². The largest absolute Gasteiger partial charge is 0.497 e. The van der Waals surface area contributed by atoms with Gasteiger partial charge in [0.2, 0.25) is 0 Å². The SMILES string of the molecule is CCCCC=C(C(=O)CC)C(O)c1ccc(OC)cc1. The lowest BCUT2D eigenvalue weighted by atomic mass is 9.95. The number of carbonyl (C=O) groups is 1. The summed E-state index contributed by atoms with van der Waals surface area (Å²) in [4.78, 5) is 12.0. The second-order valence-corrected chi connectivity index (χ2v) is 4.75. The molecule has 0 aliphatic rings. The lowest BCUT2D eigenvalue weighted by Gasteiger charge is -2.15. The van der Waals surface area contributed by atoms with Gasteiger partial charge in [-0.25, -0.2) is 0 Å². The van der Waals surface area contributed by atoms with Crippen LogP contribution in [0, 0.1) is 0 Å². The van der Waals surface area contributed by atoms with Crippen molar-refractivity contribution < 1.29 is 14.6 Å². The Balaban J connectivity index is 2.93. The van der Waals surface area contributed by atoms with Crippen LogP contribution in [0.5, 0.6) is 5.75 Å². The summed E-state index contributed by atoms with van der Waals surface area (Å²) in [7, 11) is 1.60. The Hall–Kier alpha value is -1.61. The number of hydrogen-bond donors (Lipinski definition) is 1. The number of allylic oxidation sites excluding steroid dienone is 1. The summed E-state index contributed by atoms with van der Waals surface area (Å²) >= 11 is 0. The molecule has 0 bridgehead atoms. The third-order valence-corrected chi connectivity index (χ3v) is 3.29. The highest BCUT2D eigenvalue weighted by Gasteiger charge is 2.18. The first-order chi connectivity index (χ1) is 9.63. The van der Waals surface area contributed by atoms with Crippen LogP contribution in [0.4, 0.5) is 0 Å². The Morgan fingerprint density at radius 2 is 1.95 bits per heavy atom. The zero-order valence-electron chi connectivity index (χ0n) is 12.6. The maximum atomic E-state index is 12.0. The number of aliphatic hydroxyl groups is 1. The maximum Gasteiger partial charge on any atom is 0.161 e. The minimum absolute atomic E-state index is 0.00409. The van der Waals surface area contributed by atoms with E-state index in [1.54, 1.807) is 31.4 Å². The number of ether oxygens (including phenoxy) is 1. The van der Waals surface area contributed by atoms with Gasteiger partial charge in [-0.2, -0.15) is 0 Å². The summed E-state index contributed by atoms with van der Waals surface area (Å²) in [5.74, 6) is 0.740. The van der Waals surface area contributed by atoms with Crippen molar-refractivity contribution in [2.24, 2.45) is 0 Å². The molecule has 0 radical (unpaired) electrons. The summed E-state index contributed by atoms with van der Waals surface area (Å²) in [6, 6.07) is 7.16. The van der Waals surface area contributed by atoms with E-state index in [0.717, 1.165) is 30.6 Å². The van der Waals surface area contributed by atoms with Gasteiger partial charge in [0.15, 0.2) is 5.78 Å². The van der Waals surface area contributed by atoms with Crippen molar-refractivity contribution in [1.82, 2.24) is 0 Å². The minimum Gasteiger partial charge on any atom is -0.497 e. The molecule has 0 aliphatic carbocycles. The molecule has 1 rings (SSSR count). The molecule has 1 atom stereocenters. The lowest BCUT2D eigenvalue weighted by molar-refractivity contribution is -0.116. The summed E-state index contributed by atoms with van der Waals surface area (Å²) in [5.41, 5.74) is 1.22. The molecule has 3 nitrogen and oxygen atoms in total. The van der Waals surface area contributed by atoms with Crippen molar-refractivity contribution in [1.29, 1.82) is 0 Å². The second-order valence-electron chi connectivity index (χ2n) is 4.75. The van der Waals surface area contributed by atoms with Gasteiger partial charge in [-0.15, -0.1) is 0 Å². The van der Waals surface area contributed by atoms with Crippen molar-refractivity contribution in [3.8, 4) is 5.75 Å². The van der Waals surface area contributed by atoms with Crippen LogP contribution in [0.2, 0.25) is 0 Å². The van der Waals surface area contributed by atoms with Gasteiger partial charge in [-0.3, -0.25) is 4.79 Å². The van der Waals surface area contributed by atoms with Gasteiger partial charge in [0.05, 0.1) is 7.11 Å². The number of methoxy groups -OCH3 is 1. The summed E-state index contributed by atoms with van der Waals surface area (Å²) in [6.07, 6.45) is 4.35. The number of carbonyl (C=O) groups excluding carboxylic acids is 1. The van der Waals surface area contributed by atoms with Gasteiger partial charge in [0.1, 0.15) is 11.9 Å². The van der Waals surface area contributed by atoms with E-state index in [9.17, 15) is 9.90 Å². The van der Waals surface area contributed by atoms with E-state index in [-0.39, 0.29) is 5.78 Å². The van der Waals surface area contributed by atoms with E-state index >= 15 is 0 Å². The fraction of sp³-hybridized carbons (Fsp3) is 0.471. The molecule has 110 valence electrons. The van der Waals surface area contributed by atoms with Gasteiger partial charge in [0, 0.05) is 12.0 Å². The number of benzene rings is 1. The molecule has 20 heavy (non-hydrogen) atoms. The van der Waals surface area contributed by atoms with Gasteiger partial charge in [0.25, 0.3) is 0 Å². The zero-order valence-corrected chi connectivity index (χ0v) is 12.6. The van der Waals surface area contributed by atoms with Crippen LogP contribution in [0.3, 0.4) is 0 Å². The molecule has 0 saturated heterocycles. The van der Waals surface area contributed by atoms with Crippen molar-refractivity contribution >= 4 is 5.78 Å². The molecule has 0 spiro atoms. The van der Waals surface area contributed by atoms with Crippen LogP contribution in [-0.4, -0.2) is 18.0 Å². The minimum atomic E-state index is -0.856. The predicted molar refractivity (Wildman–Crippen MR) is 80.9 cm³/mol. The van der Waals surface area contributed by atoms with Crippen molar-refractivity contribution in [3.63, 3.8) is 0 Å². The highest BCUT2D eigenvalue weighted by molar-refractivity contribution is 5.96. The zero-order chi connectivity index (χ0) is 15.0. The molecule has 0 fully saturated rings. The Labute approximate surface area is 121 Å². The molecule has 0 heterocycles. The molecule has 3 heteroatoms. The van der Waals surface area contributed by atoms with Crippen LogP contribution in [0.1, 0.15) is 51.2 Å². The van der Waals surface area contributed by atoms with Crippen molar-refractivity contribution in [2.75, 3.05) is 7.11 Å². The van der Waals surface area contributed by atoms with Crippen molar-refractivity contribution in [2.45, 2.75) is 45.6 Å². The fourth-order valence-electron chi connectivity index (χ4n) is 2.01.